The first-order valence-electron chi connectivity index (χ1n) is 15.4. The molecule has 1 aromatic heterocycles. The molecule has 224 valence electrons. The van der Waals surface area contributed by atoms with E-state index in [-0.39, 0.29) is 11.0 Å². The lowest BCUT2D eigenvalue weighted by Gasteiger charge is -2.33. The molecule has 0 radical (unpaired) electrons. The van der Waals surface area contributed by atoms with Crippen molar-refractivity contribution >= 4 is 17.3 Å². The van der Waals surface area contributed by atoms with Crippen LogP contribution in [-0.4, -0.2) is 32.6 Å². The van der Waals surface area contributed by atoms with Crippen LogP contribution in [0.4, 0.5) is 17.3 Å². The van der Waals surface area contributed by atoms with Crippen LogP contribution in [0.5, 0.6) is 0 Å². The second kappa shape index (κ2) is 14.2. The molecule has 1 unspecified atom stereocenters. The van der Waals surface area contributed by atoms with Crippen LogP contribution >= 0.6 is 0 Å². The van der Waals surface area contributed by atoms with Crippen molar-refractivity contribution in [1.29, 1.82) is 0 Å². The predicted octanol–water partition coefficient (Wildman–Crippen LogP) is 8.74. The molecule has 2 aromatic carbocycles. The van der Waals surface area contributed by atoms with Gasteiger partial charge < -0.3 is 16.0 Å². The van der Waals surface area contributed by atoms with Crippen molar-refractivity contribution in [2.24, 2.45) is 11.3 Å². The molecule has 0 fully saturated rings. The molecule has 1 heterocycles. The molecule has 0 aliphatic rings. The first kappa shape index (κ1) is 32.4. The lowest BCUT2D eigenvalue weighted by atomic mass is 9.82. The quantitative estimate of drug-likeness (QED) is 0.184. The summed E-state index contributed by atoms with van der Waals surface area (Å²) in [6.45, 7) is 22.3. The van der Waals surface area contributed by atoms with E-state index in [9.17, 15) is 0 Å². The molecule has 0 bridgehead atoms. The predicted molar refractivity (Wildman–Crippen MR) is 176 cm³/mol. The Morgan fingerprint density at radius 1 is 0.634 bits per heavy atom. The Hall–Kier alpha value is -3.15. The molecule has 6 nitrogen and oxygen atoms in total. The van der Waals surface area contributed by atoms with Gasteiger partial charge in [0.1, 0.15) is 11.6 Å². The molecule has 0 spiro atoms. The fourth-order valence-electron chi connectivity index (χ4n) is 5.43. The maximum Gasteiger partial charge on any atom is 0.226 e. The fourth-order valence-corrected chi connectivity index (χ4v) is 5.43. The Labute approximate surface area is 249 Å². The monoisotopic (exact) mass is 558 g/mol. The SMILES string of the molecule is CC(C)CCC(C)Nc1ccc(Cc2nc(Cc3ccc(NC(C)C)cc3)nc(NC(C)(C)CC(C)(C)C)n2)cc1. The topological polar surface area (TPSA) is 74.8 Å². The van der Waals surface area contributed by atoms with Gasteiger partial charge in [-0.05, 0) is 101 Å². The third-order valence-corrected chi connectivity index (χ3v) is 6.83. The van der Waals surface area contributed by atoms with Crippen LogP contribution in [0, 0.1) is 11.3 Å². The minimum Gasteiger partial charge on any atom is -0.383 e. The number of aromatic nitrogens is 3. The first-order chi connectivity index (χ1) is 19.2. The van der Waals surface area contributed by atoms with Crippen LogP contribution in [0.25, 0.3) is 0 Å². The van der Waals surface area contributed by atoms with Crippen molar-refractivity contribution in [2.45, 2.75) is 119 Å². The minimum atomic E-state index is -0.155. The molecule has 6 heteroatoms. The van der Waals surface area contributed by atoms with E-state index in [1.807, 2.05) is 0 Å². The van der Waals surface area contributed by atoms with Gasteiger partial charge in [-0.3, -0.25) is 0 Å². The van der Waals surface area contributed by atoms with Crippen molar-refractivity contribution in [3.05, 3.63) is 71.3 Å². The molecule has 0 saturated heterocycles. The Bertz CT molecular complexity index is 1210. The van der Waals surface area contributed by atoms with E-state index >= 15 is 0 Å². The Morgan fingerprint density at radius 3 is 1.56 bits per heavy atom. The molecule has 0 saturated carbocycles. The van der Waals surface area contributed by atoms with Crippen LogP contribution in [0.3, 0.4) is 0 Å². The minimum absolute atomic E-state index is 0.155. The molecule has 3 aromatic rings. The molecule has 3 rings (SSSR count). The van der Waals surface area contributed by atoms with Gasteiger partial charge in [0.15, 0.2) is 0 Å². The number of anilines is 3. The smallest absolute Gasteiger partial charge is 0.226 e. The highest BCUT2D eigenvalue weighted by Crippen LogP contribution is 2.29. The Balaban J connectivity index is 1.80. The lowest BCUT2D eigenvalue weighted by Crippen LogP contribution is -2.36. The van der Waals surface area contributed by atoms with E-state index in [1.54, 1.807) is 0 Å². The van der Waals surface area contributed by atoms with E-state index in [2.05, 4.69) is 134 Å². The number of hydrogen-bond acceptors (Lipinski definition) is 6. The second-order valence-corrected chi connectivity index (χ2v) is 14.3. The number of nitrogens with one attached hydrogen (secondary N) is 3. The highest BCUT2D eigenvalue weighted by Gasteiger charge is 2.26. The van der Waals surface area contributed by atoms with E-state index < -0.39 is 0 Å². The van der Waals surface area contributed by atoms with Crippen molar-refractivity contribution in [3.63, 3.8) is 0 Å². The van der Waals surface area contributed by atoms with Gasteiger partial charge in [-0.2, -0.15) is 9.97 Å². The number of hydrogen-bond donors (Lipinski definition) is 3. The summed E-state index contributed by atoms with van der Waals surface area (Å²) in [7, 11) is 0. The summed E-state index contributed by atoms with van der Waals surface area (Å²) in [5, 5.41) is 10.7. The molecule has 1 atom stereocenters. The van der Waals surface area contributed by atoms with Gasteiger partial charge in [-0.25, -0.2) is 4.98 Å². The third-order valence-electron chi connectivity index (χ3n) is 6.83. The van der Waals surface area contributed by atoms with Gasteiger partial charge in [0, 0.05) is 41.8 Å². The third kappa shape index (κ3) is 12.1. The van der Waals surface area contributed by atoms with E-state index in [4.69, 9.17) is 15.0 Å². The maximum atomic E-state index is 4.92. The first-order valence-corrected chi connectivity index (χ1v) is 15.4. The average molecular weight is 559 g/mol. The van der Waals surface area contributed by atoms with Crippen LogP contribution in [0.15, 0.2) is 48.5 Å². The summed E-state index contributed by atoms with van der Waals surface area (Å²) in [5.41, 5.74) is 4.67. The van der Waals surface area contributed by atoms with E-state index in [0.29, 0.717) is 30.9 Å². The van der Waals surface area contributed by atoms with Gasteiger partial charge >= 0.3 is 0 Å². The normalized spacial score (nSPS) is 13.0. The summed E-state index contributed by atoms with van der Waals surface area (Å²) in [5.74, 6) is 2.94. The zero-order chi connectivity index (χ0) is 30.2. The molecular formula is C35H54N6. The van der Waals surface area contributed by atoms with Gasteiger partial charge in [0.05, 0.1) is 0 Å². The summed E-state index contributed by atoms with van der Waals surface area (Å²) in [6, 6.07) is 18.1. The highest BCUT2D eigenvalue weighted by molar-refractivity contribution is 5.47. The van der Waals surface area contributed by atoms with Crippen molar-refractivity contribution in [2.75, 3.05) is 16.0 Å². The van der Waals surface area contributed by atoms with Gasteiger partial charge in [0.25, 0.3) is 0 Å². The summed E-state index contributed by atoms with van der Waals surface area (Å²) < 4.78 is 0. The average Bonchev–Trinajstić information content (AvgIpc) is 2.83. The van der Waals surface area contributed by atoms with Gasteiger partial charge in [-0.1, -0.05) is 58.9 Å². The van der Waals surface area contributed by atoms with E-state index in [1.165, 1.54) is 24.0 Å². The molecular weight excluding hydrogens is 504 g/mol. The number of rotatable bonds is 14. The van der Waals surface area contributed by atoms with Crippen LogP contribution in [0.1, 0.15) is 111 Å². The Kier molecular flexibility index (Phi) is 11.2. The van der Waals surface area contributed by atoms with Gasteiger partial charge in [0.2, 0.25) is 5.95 Å². The molecule has 41 heavy (non-hydrogen) atoms. The largest absolute Gasteiger partial charge is 0.383 e. The molecule has 0 aliphatic carbocycles. The highest BCUT2D eigenvalue weighted by atomic mass is 15.2. The number of nitrogens with zero attached hydrogens (tertiary/aromatic N) is 3. The molecule has 0 amide bonds. The van der Waals surface area contributed by atoms with Crippen molar-refractivity contribution < 1.29 is 0 Å². The standard InChI is InChI=1S/C35H54N6/c1-24(2)11-12-26(5)37-30-19-15-28(16-20-30)22-32-38-31(21-27-13-17-29(18-14-27)36-25(3)4)39-33(40-32)41-35(9,10)23-34(6,7)8/h13-20,24-26,36-37H,11-12,21-23H2,1-10H3,(H,38,39,40,41). The van der Waals surface area contributed by atoms with E-state index in [0.717, 1.165) is 35.4 Å². The lowest BCUT2D eigenvalue weighted by molar-refractivity contribution is 0.301. The summed E-state index contributed by atoms with van der Waals surface area (Å²) in [4.78, 5) is 14.7. The zero-order valence-electron chi connectivity index (χ0n) is 27.2. The molecule has 0 aliphatic heterocycles. The molecule has 3 N–H and O–H groups in total. The van der Waals surface area contributed by atoms with Crippen LogP contribution in [-0.2, 0) is 12.8 Å². The number of benzene rings is 2. The summed E-state index contributed by atoms with van der Waals surface area (Å²) >= 11 is 0. The van der Waals surface area contributed by atoms with Crippen molar-refractivity contribution in [1.82, 2.24) is 15.0 Å². The van der Waals surface area contributed by atoms with Crippen LogP contribution < -0.4 is 16.0 Å². The van der Waals surface area contributed by atoms with Crippen LogP contribution in [0.2, 0.25) is 0 Å². The fraction of sp³-hybridized carbons (Fsp3) is 0.571. The maximum absolute atomic E-state index is 4.92. The zero-order valence-corrected chi connectivity index (χ0v) is 27.2. The second-order valence-electron chi connectivity index (χ2n) is 14.3. The Morgan fingerprint density at radius 2 is 1.12 bits per heavy atom. The van der Waals surface area contributed by atoms with Gasteiger partial charge in [-0.15, -0.1) is 0 Å². The summed E-state index contributed by atoms with van der Waals surface area (Å²) in [6.07, 6.45) is 4.71. The van der Waals surface area contributed by atoms with Crippen molar-refractivity contribution in [3.8, 4) is 0 Å².